The van der Waals surface area contributed by atoms with Gasteiger partial charge in [0.05, 0.1) is 23.9 Å². The number of halogens is 1. The molecule has 1 aromatic rings. The molecule has 0 aromatic heterocycles. The fourth-order valence-electron chi connectivity index (χ4n) is 2.66. The van der Waals surface area contributed by atoms with E-state index < -0.39 is 18.3 Å². The van der Waals surface area contributed by atoms with Crippen LogP contribution in [-0.2, 0) is 14.0 Å². The van der Waals surface area contributed by atoms with E-state index in [9.17, 15) is 4.39 Å². The fraction of sp³-hybridized carbons (Fsp3) is 0.625. The topological polar surface area (TPSA) is 39.7 Å². The van der Waals surface area contributed by atoms with Crippen molar-refractivity contribution in [3.05, 3.63) is 24.0 Å². The van der Waals surface area contributed by atoms with Crippen molar-refractivity contribution in [1.82, 2.24) is 0 Å². The highest BCUT2D eigenvalue weighted by Gasteiger charge is 2.52. The van der Waals surface area contributed by atoms with Crippen molar-refractivity contribution in [3.8, 4) is 0 Å². The molecule has 0 amide bonds. The Balaban J connectivity index is 1.75. The fourth-order valence-corrected chi connectivity index (χ4v) is 2.66. The van der Waals surface area contributed by atoms with E-state index in [-0.39, 0.29) is 11.9 Å². The molecule has 1 N–H and O–H groups in total. The molecule has 120 valence electrons. The molecule has 2 heterocycles. The molecule has 2 aliphatic rings. The first kappa shape index (κ1) is 15.8. The maximum atomic E-state index is 14.4. The van der Waals surface area contributed by atoms with Crippen LogP contribution in [0.5, 0.6) is 0 Å². The minimum absolute atomic E-state index is 0.252. The van der Waals surface area contributed by atoms with Gasteiger partial charge in [-0.05, 0) is 46.2 Å². The first-order valence-corrected chi connectivity index (χ1v) is 7.78. The van der Waals surface area contributed by atoms with Crippen LogP contribution < -0.4 is 10.8 Å². The average molecular weight is 307 g/mol. The zero-order valence-corrected chi connectivity index (χ0v) is 13.6. The van der Waals surface area contributed by atoms with Gasteiger partial charge in [0.1, 0.15) is 5.82 Å². The van der Waals surface area contributed by atoms with Gasteiger partial charge in [-0.1, -0.05) is 6.07 Å². The van der Waals surface area contributed by atoms with Crippen LogP contribution in [0.4, 0.5) is 10.1 Å². The first-order chi connectivity index (χ1) is 10.3. The van der Waals surface area contributed by atoms with Crippen LogP contribution in [0.2, 0.25) is 0 Å². The molecule has 2 fully saturated rings. The summed E-state index contributed by atoms with van der Waals surface area (Å²) >= 11 is 0. The molecule has 0 saturated carbocycles. The minimum Gasteiger partial charge on any atom is -0.399 e. The molecule has 0 aliphatic carbocycles. The predicted octanol–water partition coefficient (Wildman–Crippen LogP) is 2.33. The molecule has 4 nitrogen and oxygen atoms in total. The van der Waals surface area contributed by atoms with Crippen LogP contribution in [-0.4, -0.2) is 37.6 Å². The second-order valence-electron chi connectivity index (χ2n) is 7.03. The van der Waals surface area contributed by atoms with Crippen LogP contribution in [0.1, 0.15) is 34.1 Å². The Morgan fingerprint density at radius 2 is 1.86 bits per heavy atom. The van der Waals surface area contributed by atoms with E-state index in [1.165, 1.54) is 6.07 Å². The lowest BCUT2D eigenvalue weighted by atomic mass is 9.78. The lowest BCUT2D eigenvalue weighted by Gasteiger charge is -2.32. The van der Waals surface area contributed by atoms with Crippen LogP contribution in [0.25, 0.3) is 0 Å². The third-order valence-electron chi connectivity index (χ3n) is 4.81. The standard InChI is InChI=1S/C16H23BFNO3/c1-15(2)16(3,4)22-17(21-15)13-6-5-11(9-14(13)18)19-12-7-8-20-10-12/h5-6,9,12,19H,7-8,10H2,1-4H3/t12-/m0/s1. The Morgan fingerprint density at radius 3 is 2.41 bits per heavy atom. The average Bonchev–Trinajstić information content (AvgIpc) is 2.96. The normalized spacial score (nSPS) is 26.4. The predicted molar refractivity (Wildman–Crippen MR) is 85.0 cm³/mol. The molecule has 0 spiro atoms. The lowest BCUT2D eigenvalue weighted by Crippen LogP contribution is -2.41. The molecular weight excluding hydrogens is 284 g/mol. The van der Waals surface area contributed by atoms with Crippen molar-refractivity contribution >= 4 is 18.3 Å². The Labute approximate surface area is 131 Å². The van der Waals surface area contributed by atoms with Gasteiger partial charge in [0.15, 0.2) is 0 Å². The van der Waals surface area contributed by atoms with Crippen molar-refractivity contribution in [3.63, 3.8) is 0 Å². The number of nitrogens with one attached hydrogen (secondary N) is 1. The van der Waals surface area contributed by atoms with E-state index in [1.807, 2.05) is 33.8 Å². The highest BCUT2D eigenvalue weighted by atomic mass is 19.1. The summed E-state index contributed by atoms with van der Waals surface area (Å²) in [7, 11) is -0.672. The third kappa shape index (κ3) is 2.87. The molecule has 2 aliphatic heterocycles. The largest absolute Gasteiger partial charge is 0.497 e. The second-order valence-corrected chi connectivity index (χ2v) is 7.03. The van der Waals surface area contributed by atoms with E-state index in [0.29, 0.717) is 12.1 Å². The van der Waals surface area contributed by atoms with E-state index in [4.69, 9.17) is 14.0 Å². The summed E-state index contributed by atoms with van der Waals surface area (Å²) in [5, 5.41) is 3.29. The summed E-state index contributed by atoms with van der Waals surface area (Å²) in [5.74, 6) is -0.317. The van der Waals surface area contributed by atoms with Gasteiger partial charge in [-0.25, -0.2) is 4.39 Å². The molecule has 0 radical (unpaired) electrons. The molecule has 0 bridgehead atoms. The van der Waals surface area contributed by atoms with Gasteiger partial charge in [0.2, 0.25) is 0 Å². The lowest BCUT2D eigenvalue weighted by molar-refractivity contribution is 0.00578. The monoisotopic (exact) mass is 307 g/mol. The minimum atomic E-state index is -0.672. The molecule has 3 rings (SSSR count). The summed E-state index contributed by atoms with van der Waals surface area (Å²) < 4.78 is 31.6. The molecule has 6 heteroatoms. The van der Waals surface area contributed by atoms with Crippen LogP contribution >= 0.6 is 0 Å². The van der Waals surface area contributed by atoms with Gasteiger partial charge in [0.25, 0.3) is 0 Å². The van der Waals surface area contributed by atoms with Gasteiger partial charge < -0.3 is 19.4 Å². The number of hydrogen-bond acceptors (Lipinski definition) is 4. The SMILES string of the molecule is CC1(C)OB(c2ccc(N[C@H]3CCOC3)cc2F)OC1(C)C. The Morgan fingerprint density at radius 1 is 1.18 bits per heavy atom. The number of rotatable bonds is 3. The molecule has 22 heavy (non-hydrogen) atoms. The van der Waals surface area contributed by atoms with Crippen molar-refractivity contribution in [2.24, 2.45) is 0 Å². The third-order valence-corrected chi connectivity index (χ3v) is 4.81. The highest BCUT2D eigenvalue weighted by Crippen LogP contribution is 2.36. The van der Waals surface area contributed by atoms with Gasteiger partial charge in [-0.15, -0.1) is 0 Å². The van der Waals surface area contributed by atoms with Crippen molar-refractivity contribution < 1.29 is 18.4 Å². The van der Waals surface area contributed by atoms with Crippen LogP contribution in [0.3, 0.4) is 0 Å². The Bertz CT molecular complexity index is 542. The molecule has 2 saturated heterocycles. The van der Waals surface area contributed by atoms with Crippen molar-refractivity contribution in [1.29, 1.82) is 0 Å². The Hall–Kier alpha value is -1.11. The van der Waals surface area contributed by atoms with Gasteiger partial charge in [-0.3, -0.25) is 0 Å². The summed E-state index contributed by atoms with van der Waals surface area (Å²) in [6.07, 6.45) is 0.945. The summed E-state index contributed by atoms with van der Waals surface area (Å²) in [6.45, 7) is 9.26. The maximum Gasteiger partial charge on any atom is 0.497 e. The molecule has 0 unspecified atom stereocenters. The number of hydrogen-bond donors (Lipinski definition) is 1. The number of ether oxygens (including phenoxy) is 1. The number of benzene rings is 1. The van der Waals surface area contributed by atoms with Gasteiger partial charge in [-0.2, -0.15) is 0 Å². The number of anilines is 1. The Kier molecular flexibility index (Phi) is 3.95. The van der Waals surface area contributed by atoms with E-state index >= 15 is 0 Å². The van der Waals surface area contributed by atoms with Gasteiger partial charge in [0, 0.05) is 17.8 Å². The quantitative estimate of drug-likeness (QED) is 0.870. The van der Waals surface area contributed by atoms with E-state index in [0.717, 1.165) is 18.7 Å². The van der Waals surface area contributed by atoms with Crippen LogP contribution in [0, 0.1) is 5.82 Å². The zero-order chi connectivity index (χ0) is 16.0. The van der Waals surface area contributed by atoms with Crippen LogP contribution in [0.15, 0.2) is 18.2 Å². The van der Waals surface area contributed by atoms with E-state index in [1.54, 1.807) is 6.07 Å². The molecule has 1 atom stereocenters. The zero-order valence-electron chi connectivity index (χ0n) is 13.6. The smallest absolute Gasteiger partial charge is 0.399 e. The van der Waals surface area contributed by atoms with E-state index in [2.05, 4.69) is 5.32 Å². The summed E-state index contributed by atoms with van der Waals surface area (Å²) in [5.41, 5.74) is 0.255. The molecule has 1 aromatic carbocycles. The molecular formula is C16H23BFNO3. The second kappa shape index (κ2) is 5.51. The first-order valence-electron chi connectivity index (χ1n) is 7.78. The van der Waals surface area contributed by atoms with Crippen molar-refractivity contribution in [2.75, 3.05) is 18.5 Å². The highest BCUT2D eigenvalue weighted by molar-refractivity contribution is 6.62. The summed E-state index contributed by atoms with van der Waals surface area (Å²) in [6, 6.07) is 5.35. The van der Waals surface area contributed by atoms with Gasteiger partial charge >= 0.3 is 7.12 Å². The summed E-state index contributed by atoms with van der Waals surface area (Å²) in [4.78, 5) is 0. The van der Waals surface area contributed by atoms with Crippen molar-refractivity contribution in [2.45, 2.75) is 51.4 Å². The maximum absolute atomic E-state index is 14.4.